The molecule has 1 N–H and O–H groups in total. The lowest BCUT2D eigenvalue weighted by atomic mass is 10.1. The lowest BCUT2D eigenvalue weighted by molar-refractivity contribution is -0.135. The molecule has 0 atom stereocenters. The molecule has 0 saturated heterocycles. The molecule has 0 fully saturated rings. The molecule has 2 rings (SSSR count). The molecule has 0 amide bonds. The third-order valence-electron chi connectivity index (χ3n) is 2.31. The molecular formula is C10H7F3N2O2. The van der Waals surface area contributed by atoms with Crippen molar-refractivity contribution >= 4 is 17.9 Å². The molecule has 1 aliphatic heterocycles. The van der Waals surface area contributed by atoms with E-state index in [1.807, 2.05) is 0 Å². The van der Waals surface area contributed by atoms with Gasteiger partial charge < -0.3 is 5.11 Å². The van der Waals surface area contributed by atoms with Crippen LogP contribution in [0.25, 0.3) is 6.08 Å². The van der Waals surface area contributed by atoms with Crippen molar-refractivity contribution in [2.24, 2.45) is 0 Å². The first-order chi connectivity index (χ1) is 7.89. The number of pyridine rings is 1. The average Bonchev–Trinajstić information content (AvgIpc) is 2.26. The highest BCUT2D eigenvalue weighted by Crippen LogP contribution is 2.34. The third-order valence-corrected chi connectivity index (χ3v) is 2.31. The zero-order valence-electron chi connectivity index (χ0n) is 8.40. The molecule has 1 aromatic rings. The number of rotatable bonds is 1. The van der Waals surface area contributed by atoms with Crippen LogP contribution in [0.2, 0.25) is 0 Å². The molecule has 1 aromatic heterocycles. The molecule has 0 spiro atoms. The van der Waals surface area contributed by atoms with Gasteiger partial charge in [0.15, 0.2) is 0 Å². The second-order valence-electron chi connectivity index (χ2n) is 3.44. The summed E-state index contributed by atoms with van der Waals surface area (Å²) < 4.78 is 38.2. The number of hydrogen-bond acceptors (Lipinski definition) is 3. The lowest BCUT2D eigenvalue weighted by Crippen LogP contribution is -2.42. The Hall–Kier alpha value is -2.05. The Balaban J connectivity index is 2.53. The van der Waals surface area contributed by atoms with Crippen LogP contribution in [0.5, 0.6) is 0 Å². The van der Waals surface area contributed by atoms with E-state index in [0.29, 0.717) is 0 Å². The molecular weight excluding hydrogens is 237 g/mol. The molecule has 1 aliphatic rings. The van der Waals surface area contributed by atoms with Gasteiger partial charge in [-0.25, -0.2) is 9.78 Å². The molecule has 17 heavy (non-hydrogen) atoms. The molecule has 2 heterocycles. The Morgan fingerprint density at radius 3 is 2.76 bits per heavy atom. The maximum Gasteiger partial charge on any atom is 0.486 e. The largest absolute Gasteiger partial charge is 0.486 e. The predicted molar refractivity (Wildman–Crippen MR) is 53.3 cm³/mol. The second-order valence-corrected chi connectivity index (χ2v) is 3.44. The normalized spacial score (nSPS) is 15.2. The monoisotopic (exact) mass is 244 g/mol. The van der Waals surface area contributed by atoms with Crippen molar-refractivity contribution in [3.05, 3.63) is 29.5 Å². The zero-order valence-corrected chi connectivity index (χ0v) is 8.40. The molecule has 0 aromatic carbocycles. The van der Waals surface area contributed by atoms with Crippen LogP contribution in [0.3, 0.4) is 0 Å². The van der Waals surface area contributed by atoms with Gasteiger partial charge in [-0.05, 0) is 18.2 Å². The summed E-state index contributed by atoms with van der Waals surface area (Å²) in [6.45, 7) is -0.733. The number of fused-ring (bicyclic) bond motifs is 1. The highest BCUT2D eigenvalue weighted by atomic mass is 19.4. The van der Waals surface area contributed by atoms with Gasteiger partial charge in [-0.15, -0.1) is 0 Å². The Bertz CT molecular complexity index is 497. The van der Waals surface area contributed by atoms with Gasteiger partial charge in [-0.3, -0.25) is 4.90 Å². The van der Waals surface area contributed by atoms with E-state index in [2.05, 4.69) is 4.98 Å². The number of carboxylic acid groups (broad SMARTS) is 1. The predicted octanol–water partition coefficient (Wildman–Crippen LogP) is 1.89. The van der Waals surface area contributed by atoms with E-state index in [9.17, 15) is 18.0 Å². The number of anilines is 1. The molecule has 4 nitrogen and oxygen atoms in total. The van der Waals surface area contributed by atoms with E-state index in [4.69, 9.17) is 5.11 Å². The van der Waals surface area contributed by atoms with E-state index in [1.54, 1.807) is 0 Å². The first kappa shape index (κ1) is 11.4. The summed E-state index contributed by atoms with van der Waals surface area (Å²) in [5, 5.41) is 8.76. The molecule has 0 aliphatic carbocycles. The van der Waals surface area contributed by atoms with Crippen LogP contribution in [-0.2, 0) is 4.79 Å². The molecule has 0 saturated carbocycles. The van der Waals surface area contributed by atoms with Crippen LogP contribution in [0.1, 0.15) is 5.56 Å². The first-order valence-electron chi connectivity index (χ1n) is 4.63. The van der Waals surface area contributed by atoms with Crippen molar-refractivity contribution in [1.82, 2.24) is 4.98 Å². The number of carbonyl (C=O) groups is 1. The van der Waals surface area contributed by atoms with E-state index >= 15 is 0 Å². The van der Waals surface area contributed by atoms with Crippen LogP contribution < -0.4 is 4.90 Å². The van der Waals surface area contributed by atoms with Gasteiger partial charge in [-0.2, -0.15) is 13.2 Å². The van der Waals surface area contributed by atoms with Crippen molar-refractivity contribution in [2.45, 2.75) is 6.30 Å². The minimum absolute atomic E-state index is 0.0196. The highest BCUT2D eigenvalue weighted by Gasteiger charge is 2.41. The maximum absolute atomic E-state index is 12.7. The number of aromatic nitrogens is 1. The van der Waals surface area contributed by atoms with Gasteiger partial charge in [0, 0.05) is 11.8 Å². The van der Waals surface area contributed by atoms with Crippen LogP contribution in [0.15, 0.2) is 23.9 Å². The van der Waals surface area contributed by atoms with Gasteiger partial charge >= 0.3 is 12.3 Å². The summed E-state index contributed by atoms with van der Waals surface area (Å²) in [5.74, 6) is -1.64. The second kappa shape index (κ2) is 3.76. The Labute approximate surface area is 94.0 Å². The number of hydrogen-bond donors (Lipinski definition) is 1. The van der Waals surface area contributed by atoms with Gasteiger partial charge in [0.05, 0.1) is 12.1 Å². The Morgan fingerprint density at radius 1 is 1.47 bits per heavy atom. The van der Waals surface area contributed by atoms with E-state index in [-0.39, 0.29) is 21.9 Å². The summed E-state index contributed by atoms with van der Waals surface area (Å²) in [7, 11) is 0. The topological polar surface area (TPSA) is 53.4 Å². The summed E-state index contributed by atoms with van der Waals surface area (Å²) in [5.41, 5.74) is -0.170. The fraction of sp³-hybridized carbons (Fsp3) is 0.200. The van der Waals surface area contributed by atoms with Crippen molar-refractivity contribution < 1.29 is 23.1 Å². The summed E-state index contributed by atoms with van der Waals surface area (Å²) in [4.78, 5) is 14.4. The average molecular weight is 244 g/mol. The quantitative estimate of drug-likeness (QED) is 0.766. The highest BCUT2D eigenvalue weighted by molar-refractivity contribution is 5.95. The van der Waals surface area contributed by atoms with Crippen LogP contribution in [0.4, 0.5) is 19.0 Å². The summed E-state index contributed by atoms with van der Waals surface area (Å²) >= 11 is 0. The summed E-state index contributed by atoms with van der Waals surface area (Å²) in [6, 6.07) is 2.85. The van der Waals surface area contributed by atoms with Crippen LogP contribution >= 0.6 is 0 Å². The van der Waals surface area contributed by atoms with Gasteiger partial charge in [0.1, 0.15) is 5.82 Å². The van der Waals surface area contributed by atoms with Gasteiger partial charge in [0.2, 0.25) is 0 Å². The lowest BCUT2D eigenvalue weighted by Gasteiger charge is -2.30. The minimum Gasteiger partial charge on any atom is -0.478 e. The van der Waals surface area contributed by atoms with Crippen molar-refractivity contribution in [2.75, 3.05) is 11.4 Å². The molecule has 90 valence electrons. The van der Waals surface area contributed by atoms with Crippen molar-refractivity contribution in [1.29, 1.82) is 0 Å². The minimum atomic E-state index is -4.65. The zero-order chi connectivity index (χ0) is 12.6. The summed E-state index contributed by atoms with van der Waals surface area (Å²) in [6.07, 6.45) is -2.22. The SMILES string of the molecule is O=C(O)C1=Cc2cccnc2N(C(F)(F)F)C1. The van der Waals surface area contributed by atoms with Crippen molar-refractivity contribution in [3.8, 4) is 0 Å². The third kappa shape index (κ3) is 2.08. The molecule has 0 unspecified atom stereocenters. The molecule has 0 radical (unpaired) electrons. The number of nitrogens with zero attached hydrogens (tertiary/aromatic N) is 2. The Kier molecular flexibility index (Phi) is 2.53. The molecule has 7 heteroatoms. The van der Waals surface area contributed by atoms with E-state index in [1.165, 1.54) is 24.4 Å². The fourth-order valence-electron chi connectivity index (χ4n) is 1.57. The fourth-order valence-corrected chi connectivity index (χ4v) is 1.57. The van der Waals surface area contributed by atoms with Crippen LogP contribution in [0, 0.1) is 0 Å². The van der Waals surface area contributed by atoms with Crippen LogP contribution in [-0.4, -0.2) is 28.9 Å². The maximum atomic E-state index is 12.7. The van der Waals surface area contributed by atoms with Crippen molar-refractivity contribution in [3.63, 3.8) is 0 Å². The van der Waals surface area contributed by atoms with Gasteiger partial charge in [-0.1, -0.05) is 0 Å². The smallest absolute Gasteiger partial charge is 0.478 e. The number of halogens is 3. The van der Waals surface area contributed by atoms with E-state index < -0.39 is 18.8 Å². The number of aliphatic carboxylic acids is 1. The number of alkyl halides is 3. The Morgan fingerprint density at radius 2 is 2.18 bits per heavy atom. The standard InChI is InChI=1S/C10H7F3N2O2/c11-10(12,13)15-5-7(9(16)17)4-6-2-1-3-14-8(6)15/h1-4H,5H2,(H,16,17). The van der Waals surface area contributed by atoms with E-state index in [0.717, 1.165) is 0 Å². The number of carboxylic acids is 1. The van der Waals surface area contributed by atoms with Gasteiger partial charge in [0.25, 0.3) is 0 Å². The first-order valence-corrected chi connectivity index (χ1v) is 4.63. The molecule has 0 bridgehead atoms.